The number of carbonyl (C=O) groups excluding carboxylic acids is 1. The van der Waals surface area contributed by atoms with E-state index in [1.807, 2.05) is 20.8 Å². The van der Waals surface area contributed by atoms with Crippen LogP contribution in [0.5, 0.6) is 11.5 Å². The van der Waals surface area contributed by atoms with Crippen molar-refractivity contribution in [2.45, 2.75) is 46.3 Å². The third kappa shape index (κ3) is 5.63. The van der Waals surface area contributed by atoms with Crippen LogP contribution in [0, 0.1) is 0 Å². The summed E-state index contributed by atoms with van der Waals surface area (Å²) in [6.07, 6.45) is 0.0702. The third-order valence-corrected chi connectivity index (χ3v) is 2.88. The zero-order valence-corrected chi connectivity index (χ0v) is 13.2. The maximum absolute atomic E-state index is 12.2. The molecule has 21 heavy (non-hydrogen) atoms. The molecule has 1 rings (SSSR count). The van der Waals surface area contributed by atoms with Gasteiger partial charge in [-0.15, -0.1) is 0 Å². The van der Waals surface area contributed by atoms with Crippen LogP contribution in [0.15, 0.2) is 18.2 Å². The van der Waals surface area contributed by atoms with Gasteiger partial charge in [-0.1, -0.05) is 0 Å². The van der Waals surface area contributed by atoms with Gasteiger partial charge in [-0.05, 0) is 52.3 Å². The minimum atomic E-state index is -0.445. The Morgan fingerprint density at radius 1 is 1.19 bits per heavy atom. The van der Waals surface area contributed by atoms with Gasteiger partial charge in [0.15, 0.2) is 11.5 Å². The first-order chi connectivity index (χ1) is 9.97. The summed E-state index contributed by atoms with van der Waals surface area (Å²) in [5.74, 6) is 1.01. The fourth-order valence-corrected chi connectivity index (χ4v) is 2.07. The van der Waals surface area contributed by atoms with Crippen molar-refractivity contribution in [1.29, 1.82) is 0 Å². The van der Waals surface area contributed by atoms with Crippen molar-refractivity contribution in [2.24, 2.45) is 0 Å². The summed E-state index contributed by atoms with van der Waals surface area (Å²) >= 11 is 0. The number of aliphatic hydroxyl groups excluding tert-OH is 1. The van der Waals surface area contributed by atoms with Gasteiger partial charge in [-0.3, -0.25) is 4.79 Å². The second-order valence-electron chi connectivity index (χ2n) is 4.99. The molecule has 5 nitrogen and oxygen atoms in total. The average Bonchev–Trinajstić information content (AvgIpc) is 2.40. The molecule has 0 saturated carbocycles. The molecule has 0 aliphatic rings. The molecule has 0 aliphatic carbocycles. The Bertz CT molecular complexity index is 460. The van der Waals surface area contributed by atoms with E-state index in [2.05, 4.69) is 5.32 Å². The van der Waals surface area contributed by atoms with Crippen molar-refractivity contribution in [3.63, 3.8) is 0 Å². The minimum absolute atomic E-state index is 0.0976. The summed E-state index contributed by atoms with van der Waals surface area (Å²) in [5, 5.41) is 12.2. The minimum Gasteiger partial charge on any atom is -0.490 e. The van der Waals surface area contributed by atoms with E-state index in [1.165, 1.54) is 0 Å². The number of ether oxygens (including phenoxy) is 2. The smallest absolute Gasteiger partial charge is 0.251 e. The molecular weight excluding hydrogens is 270 g/mol. The van der Waals surface area contributed by atoms with E-state index in [0.29, 0.717) is 36.7 Å². The van der Waals surface area contributed by atoms with Gasteiger partial charge in [-0.25, -0.2) is 0 Å². The second-order valence-corrected chi connectivity index (χ2v) is 4.99. The lowest BCUT2D eigenvalue weighted by Crippen LogP contribution is -2.34. The van der Waals surface area contributed by atoms with Crippen molar-refractivity contribution in [1.82, 2.24) is 5.32 Å². The van der Waals surface area contributed by atoms with Gasteiger partial charge in [0.05, 0.1) is 19.3 Å². The SMILES string of the molecule is CCOc1ccc(C(=O)NC(C)CC(C)O)cc1OCC. The Balaban J connectivity index is 2.82. The molecule has 118 valence electrons. The average molecular weight is 295 g/mol. The predicted molar refractivity (Wildman–Crippen MR) is 82.0 cm³/mol. The van der Waals surface area contributed by atoms with Crippen molar-refractivity contribution in [2.75, 3.05) is 13.2 Å². The quantitative estimate of drug-likeness (QED) is 0.772. The number of rotatable bonds is 8. The molecular formula is C16H25NO4. The maximum Gasteiger partial charge on any atom is 0.251 e. The van der Waals surface area contributed by atoms with E-state index < -0.39 is 6.10 Å². The molecule has 2 unspecified atom stereocenters. The van der Waals surface area contributed by atoms with E-state index in [9.17, 15) is 9.90 Å². The standard InChI is InChI=1S/C16H25NO4/c1-5-20-14-8-7-13(10-15(14)21-6-2)16(19)17-11(3)9-12(4)18/h7-8,10-12,18H,5-6,9H2,1-4H3,(H,17,19). The summed E-state index contributed by atoms with van der Waals surface area (Å²) in [6, 6.07) is 5.03. The molecule has 0 radical (unpaired) electrons. The summed E-state index contributed by atoms with van der Waals surface area (Å²) in [6.45, 7) is 8.39. The van der Waals surface area contributed by atoms with Crippen LogP contribution in [0.4, 0.5) is 0 Å². The molecule has 0 aliphatic heterocycles. The summed E-state index contributed by atoms with van der Waals surface area (Å²) in [7, 11) is 0. The lowest BCUT2D eigenvalue weighted by molar-refractivity contribution is 0.0922. The molecule has 0 bridgehead atoms. The molecule has 1 amide bonds. The topological polar surface area (TPSA) is 67.8 Å². The van der Waals surface area contributed by atoms with Crippen molar-refractivity contribution >= 4 is 5.91 Å². The van der Waals surface area contributed by atoms with Crippen LogP contribution in [0.1, 0.15) is 44.5 Å². The monoisotopic (exact) mass is 295 g/mol. The van der Waals surface area contributed by atoms with Crippen LogP contribution in [0.3, 0.4) is 0 Å². The summed E-state index contributed by atoms with van der Waals surface area (Å²) in [4.78, 5) is 12.2. The van der Waals surface area contributed by atoms with Crippen LogP contribution in [-0.2, 0) is 0 Å². The number of amides is 1. The second kappa shape index (κ2) is 8.52. The highest BCUT2D eigenvalue weighted by Crippen LogP contribution is 2.28. The molecule has 1 aromatic rings. The highest BCUT2D eigenvalue weighted by atomic mass is 16.5. The number of carbonyl (C=O) groups is 1. The number of aliphatic hydroxyl groups is 1. The fraction of sp³-hybridized carbons (Fsp3) is 0.562. The van der Waals surface area contributed by atoms with Gasteiger partial charge in [-0.2, -0.15) is 0 Å². The maximum atomic E-state index is 12.2. The molecule has 0 fully saturated rings. The van der Waals surface area contributed by atoms with Gasteiger partial charge >= 0.3 is 0 Å². The van der Waals surface area contributed by atoms with Gasteiger partial charge < -0.3 is 19.9 Å². The molecule has 0 saturated heterocycles. The highest BCUT2D eigenvalue weighted by molar-refractivity contribution is 5.95. The number of nitrogens with one attached hydrogen (secondary N) is 1. The first kappa shape index (κ1) is 17.3. The Morgan fingerprint density at radius 3 is 2.38 bits per heavy atom. The van der Waals surface area contributed by atoms with Crippen LogP contribution in [-0.4, -0.2) is 36.4 Å². The number of benzene rings is 1. The molecule has 2 atom stereocenters. The van der Waals surface area contributed by atoms with Crippen molar-refractivity contribution < 1.29 is 19.4 Å². The van der Waals surface area contributed by atoms with E-state index in [-0.39, 0.29) is 11.9 Å². The molecule has 2 N–H and O–H groups in total. The van der Waals surface area contributed by atoms with Gasteiger partial charge in [0.1, 0.15) is 0 Å². The fourth-order valence-electron chi connectivity index (χ4n) is 2.07. The van der Waals surface area contributed by atoms with Crippen molar-refractivity contribution in [3.05, 3.63) is 23.8 Å². The molecule has 0 spiro atoms. The van der Waals surface area contributed by atoms with Crippen LogP contribution < -0.4 is 14.8 Å². The normalized spacial score (nSPS) is 13.4. The lowest BCUT2D eigenvalue weighted by atomic mass is 10.1. The first-order valence-corrected chi connectivity index (χ1v) is 7.36. The first-order valence-electron chi connectivity index (χ1n) is 7.36. The van der Waals surface area contributed by atoms with Crippen LogP contribution in [0.2, 0.25) is 0 Å². The Labute approximate surface area is 126 Å². The Hall–Kier alpha value is -1.75. The summed E-state index contributed by atoms with van der Waals surface area (Å²) < 4.78 is 11.0. The van der Waals surface area contributed by atoms with Gasteiger partial charge in [0.25, 0.3) is 5.91 Å². The van der Waals surface area contributed by atoms with E-state index in [4.69, 9.17) is 9.47 Å². The predicted octanol–water partition coefficient (Wildman–Crippen LogP) is 2.37. The van der Waals surface area contributed by atoms with Crippen LogP contribution in [0.25, 0.3) is 0 Å². The van der Waals surface area contributed by atoms with Gasteiger partial charge in [0.2, 0.25) is 0 Å². The number of hydrogen-bond acceptors (Lipinski definition) is 4. The van der Waals surface area contributed by atoms with Crippen LogP contribution >= 0.6 is 0 Å². The summed E-state index contributed by atoms with van der Waals surface area (Å²) in [5.41, 5.74) is 0.513. The lowest BCUT2D eigenvalue weighted by Gasteiger charge is -2.16. The Kier molecular flexibility index (Phi) is 7.02. The van der Waals surface area contributed by atoms with Crippen molar-refractivity contribution in [3.8, 4) is 11.5 Å². The third-order valence-electron chi connectivity index (χ3n) is 2.88. The van der Waals surface area contributed by atoms with E-state index in [0.717, 1.165) is 0 Å². The zero-order valence-electron chi connectivity index (χ0n) is 13.2. The Morgan fingerprint density at radius 2 is 1.81 bits per heavy atom. The van der Waals surface area contributed by atoms with E-state index in [1.54, 1.807) is 25.1 Å². The zero-order chi connectivity index (χ0) is 15.8. The van der Waals surface area contributed by atoms with E-state index >= 15 is 0 Å². The molecule has 0 aromatic heterocycles. The van der Waals surface area contributed by atoms with Gasteiger partial charge in [0, 0.05) is 11.6 Å². The largest absolute Gasteiger partial charge is 0.490 e. The molecule has 0 heterocycles. The molecule has 5 heteroatoms. The number of hydrogen-bond donors (Lipinski definition) is 2. The molecule has 1 aromatic carbocycles. The highest BCUT2D eigenvalue weighted by Gasteiger charge is 2.14.